The Morgan fingerprint density at radius 2 is 2.29 bits per heavy atom. The van der Waals surface area contributed by atoms with Gasteiger partial charge in [0.05, 0.1) is 19.0 Å². The van der Waals surface area contributed by atoms with Gasteiger partial charge in [0.1, 0.15) is 11.1 Å². The molecule has 0 saturated heterocycles. The van der Waals surface area contributed by atoms with E-state index >= 15 is 0 Å². The quantitative estimate of drug-likeness (QED) is 0.841. The maximum absolute atomic E-state index is 12.2. The van der Waals surface area contributed by atoms with Crippen molar-refractivity contribution >= 4 is 10.9 Å². The fourth-order valence-electron chi connectivity index (χ4n) is 1.73. The van der Waals surface area contributed by atoms with E-state index in [0.29, 0.717) is 23.2 Å². The van der Waals surface area contributed by atoms with Gasteiger partial charge in [0.15, 0.2) is 0 Å². The monoisotopic (exact) mass is 233 g/mol. The number of methoxy groups -OCH3 is 1. The zero-order chi connectivity index (χ0) is 12.3. The molecule has 0 aliphatic rings. The fourth-order valence-corrected chi connectivity index (χ4v) is 1.73. The van der Waals surface area contributed by atoms with E-state index in [-0.39, 0.29) is 5.56 Å². The molecule has 5 nitrogen and oxygen atoms in total. The molecule has 1 aromatic heterocycles. The van der Waals surface area contributed by atoms with Crippen LogP contribution in [-0.2, 0) is 6.54 Å². The van der Waals surface area contributed by atoms with Crippen molar-refractivity contribution in [1.29, 1.82) is 0 Å². The van der Waals surface area contributed by atoms with Crippen molar-refractivity contribution in [3.05, 3.63) is 34.9 Å². The lowest BCUT2D eigenvalue weighted by Gasteiger charge is -2.08. The third-order valence-electron chi connectivity index (χ3n) is 2.64. The van der Waals surface area contributed by atoms with Gasteiger partial charge in [-0.05, 0) is 19.2 Å². The van der Waals surface area contributed by atoms with Gasteiger partial charge in [0.2, 0.25) is 0 Å². The van der Waals surface area contributed by atoms with Crippen LogP contribution in [0, 0.1) is 0 Å². The van der Waals surface area contributed by atoms with Crippen LogP contribution in [0.4, 0.5) is 0 Å². The molecule has 1 N–H and O–H groups in total. The molecule has 0 bridgehead atoms. The van der Waals surface area contributed by atoms with Crippen molar-refractivity contribution in [1.82, 2.24) is 14.9 Å². The summed E-state index contributed by atoms with van der Waals surface area (Å²) in [5, 5.41) is 3.54. The maximum Gasteiger partial charge on any atom is 0.265 e. The molecule has 1 aromatic carbocycles. The minimum atomic E-state index is -0.0669. The molecule has 0 amide bonds. The van der Waals surface area contributed by atoms with Gasteiger partial charge in [-0.3, -0.25) is 9.36 Å². The van der Waals surface area contributed by atoms with Crippen LogP contribution in [0.25, 0.3) is 10.9 Å². The highest BCUT2D eigenvalue weighted by Crippen LogP contribution is 2.19. The Labute approximate surface area is 99.0 Å². The van der Waals surface area contributed by atoms with E-state index in [1.807, 2.05) is 19.2 Å². The molecule has 0 aliphatic carbocycles. The number of ether oxygens (including phenoxy) is 1. The first-order valence-corrected chi connectivity index (χ1v) is 5.44. The van der Waals surface area contributed by atoms with E-state index in [2.05, 4.69) is 10.3 Å². The number of fused-ring (bicyclic) bond motifs is 1. The van der Waals surface area contributed by atoms with Crippen molar-refractivity contribution in [2.45, 2.75) is 6.54 Å². The van der Waals surface area contributed by atoms with Crippen LogP contribution in [-0.4, -0.2) is 30.3 Å². The molecule has 5 heteroatoms. The molecule has 1 heterocycles. The van der Waals surface area contributed by atoms with Crippen LogP contribution in [0.2, 0.25) is 0 Å². The molecule has 17 heavy (non-hydrogen) atoms. The van der Waals surface area contributed by atoms with Crippen LogP contribution in [0.5, 0.6) is 5.75 Å². The van der Waals surface area contributed by atoms with Crippen molar-refractivity contribution in [3.63, 3.8) is 0 Å². The minimum absolute atomic E-state index is 0.0669. The number of benzene rings is 1. The van der Waals surface area contributed by atoms with Crippen molar-refractivity contribution in [2.75, 3.05) is 20.7 Å². The van der Waals surface area contributed by atoms with Gasteiger partial charge in [0, 0.05) is 13.1 Å². The zero-order valence-corrected chi connectivity index (χ0v) is 9.93. The highest BCUT2D eigenvalue weighted by Gasteiger charge is 2.08. The molecule has 0 fully saturated rings. The molecule has 90 valence electrons. The van der Waals surface area contributed by atoms with Gasteiger partial charge in [0.25, 0.3) is 5.56 Å². The Morgan fingerprint density at radius 1 is 1.47 bits per heavy atom. The molecule has 2 rings (SSSR count). The third-order valence-corrected chi connectivity index (χ3v) is 2.64. The predicted octanol–water partition coefficient (Wildman–Crippen LogP) is 0.624. The molecular weight excluding hydrogens is 218 g/mol. The summed E-state index contributed by atoms with van der Waals surface area (Å²) in [5.41, 5.74) is 0.595. The normalized spacial score (nSPS) is 10.7. The Morgan fingerprint density at radius 3 is 3.00 bits per heavy atom. The average Bonchev–Trinajstić information content (AvgIpc) is 2.37. The van der Waals surface area contributed by atoms with Crippen LogP contribution in [0.15, 0.2) is 29.3 Å². The summed E-state index contributed by atoms with van der Waals surface area (Å²) in [4.78, 5) is 16.5. The second-order valence-corrected chi connectivity index (χ2v) is 3.70. The molecule has 0 saturated carbocycles. The van der Waals surface area contributed by atoms with Crippen LogP contribution in [0.3, 0.4) is 0 Å². The van der Waals surface area contributed by atoms with Gasteiger partial charge in [-0.25, -0.2) is 4.98 Å². The highest BCUT2D eigenvalue weighted by molar-refractivity contribution is 5.83. The Bertz CT molecular complexity index is 577. The van der Waals surface area contributed by atoms with Gasteiger partial charge in [-0.15, -0.1) is 0 Å². The van der Waals surface area contributed by atoms with Crippen LogP contribution >= 0.6 is 0 Å². The van der Waals surface area contributed by atoms with E-state index in [9.17, 15) is 4.79 Å². The summed E-state index contributed by atoms with van der Waals surface area (Å²) in [6, 6.07) is 5.40. The minimum Gasteiger partial charge on any atom is -0.496 e. The number of rotatable bonds is 4. The number of hydrogen-bond acceptors (Lipinski definition) is 4. The summed E-state index contributed by atoms with van der Waals surface area (Å²) in [6.07, 6.45) is 1.57. The number of likely N-dealkylation sites (N-methyl/N-ethyl adjacent to an activating group) is 1. The Balaban J connectivity index is 2.61. The highest BCUT2D eigenvalue weighted by atomic mass is 16.5. The summed E-state index contributed by atoms with van der Waals surface area (Å²) in [6.45, 7) is 1.32. The summed E-state index contributed by atoms with van der Waals surface area (Å²) in [7, 11) is 3.40. The van der Waals surface area contributed by atoms with E-state index in [4.69, 9.17) is 4.74 Å². The predicted molar refractivity (Wildman–Crippen MR) is 66.5 cm³/mol. The molecule has 0 radical (unpaired) electrons. The second-order valence-electron chi connectivity index (χ2n) is 3.70. The lowest BCUT2D eigenvalue weighted by Crippen LogP contribution is -2.26. The first-order chi connectivity index (χ1) is 8.27. The molecule has 0 unspecified atom stereocenters. The molecular formula is C12H15N3O2. The number of nitrogens with zero attached hydrogens (tertiary/aromatic N) is 2. The number of hydrogen-bond donors (Lipinski definition) is 1. The van der Waals surface area contributed by atoms with Crippen molar-refractivity contribution in [3.8, 4) is 5.75 Å². The Kier molecular flexibility index (Phi) is 3.39. The van der Waals surface area contributed by atoms with E-state index < -0.39 is 0 Å². The summed E-state index contributed by atoms with van der Waals surface area (Å²) >= 11 is 0. The molecule has 0 spiro atoms. The van der Waals surface area contributed by atoms with Gasteiger partial charge < -0.3 is 10.1 Å². The third kappa shape index (κ3) is 2.14. The molecule has 0 aliphatic heterocycles. The molecule has 0 atom stereocenters. The van der Waals surface area contributed by atoms with Crippen LogP contribution < -0.4 is 15.6 Å². The summed E-state index contributed by atoms with van der Waals surface area (Å²) in [5.74, 6) is 0.568. The first-order valence-electron chi connectivity index (χ1n) is 5.44. The summed E-state index contributed by atoms with van der Waals surface area (Å²) < 4.78 is 6.78. The Hall–Kier alpha value is -1.88. The lowest BCUT2D eigenvalue weighted by atomic mass is 10.2. The van der Waals surface area contributed by atoms with Gasteiger partial charge in [-0.1, -0.05) is 6.07 Å². The van der Waals surface area contributed by atoms with Crippen LogP contribution in [0.1, 0.15) is 0 Å². The van der Waals surface area contributed by atoms with Gasteiger partial charge >= 0.3 is 0 Å². The second kappa shape index (κ2) is 4.97. The largest absolute Gasteiger partial charge is 0.496 e. The van der Waals surface area contributed by atoms with E-state index in [1.165, 1.54) is 0 Å². The SMILES string of the molecule is CNCCn1cnc2cccc(OC)c2c1=O. The maximum atomic E-state index is 12.2. The number of aromatic nitrogens is 2. The van der Waals surface area contributed by atoms with E-state index in [1.54, 1.807) is 24.1 Å². The fraction of sp³-hybridized carbons (Fsp3) is 0.333. The van der Waals surface area contributed by atoms with E-state index in [0.717, 1.165) is 6.54 Å². The van der Waals surface area contributed by atoms with Gasteiger partial charge in [-0.2, -0.15) is 0 Å². The standard InChI is InChI=1S/C12H15N3O2/c1-13-6-7-15-8-14-9-4-3-5-10(17-2)11(9)12(15)16/h3-5,8,13H,6-7H2,1-2H3. The smallest absolute Gasteiger partial charge is 0.265 e. The molecule has 2 aromatic rings. The number of nitrogens with one attached hydrogen (secondary N) is 1. The topological polar surface area (TPSA) is 56.1 Å². The zero-order valence-electron chi connectivity index (χ0n) is 9.93. The van der Waals surface area contributed by atoms with Crippen molar-refractivity contribution < 1.29 is 4.74 Å². The lowest BCUT2D eigenvalue weighted by molar-refractivity contribution is 0.419. The van der Waals surface area contributed by atoms with Crippen molar-refractivity contribution in [2.24, 2.45) is 0 Å². The average molecular weight is 233 g/mol. The first kappa shape index (κ1) is 11.6.